The molecular formula is C17H19N5O3. The van der Waals surface area contributed by atoms with Crippen LogP contribution in [0.15, 0.2) is 35.5 Å². The number of rotatable bonds is 6. The topological polar surface area (TPSA) is 102 Å². The lowest BCUT2D eigenvalue weighted by Crippen LogP contribution is -2.25. The van der Waals surface area contributed by atoms with Crippen LogP contribution in [0.3, 0.4) is 0 Å². The second-order valence-electron chi connectivity index (χ2n) is 5.63. The molecule has 8 heteroatoms. The van der Waals surface area contributed by atoms with Crippen molar-refractivity contribution in [2.75, 3.05) is 6.61 Å². The van der Waals surface area contributed by atoms with Gasteiger partial charge in [0.25, 0.3) is 5.91 Å². The monoisotopic (exact) mass is 341 g/mol. The number of ether oxygens (including phenoxy) is 1. The third kappa shape index (κ3) is 3.68. The Labute approximate surface area is 143 Å². The van der Waals surface area contributed by atoms with Crippen LogP contribution in [-0.4, -0.2) is 32.0 Å². The summed E-state index contributed by atoms with van der Waals surface area (Å²) in [5, 5.41) is 2.82. The minimum atomic E-state index is -0.365. The Kier molecular flexibility index (Phi) is 4.78. The zero-order valence-electron chi connectivity index (χ0n) is 14.1. The van der Waals surface area contributed by atoms with E-state index in [-0.39, 0.29) is 17.0 Å². The lowest BCUT2D eigenvalue weighted by Gasteiger charge is -2.09. The van der Waals surface area contributed by atoms with Crippen LogP contribution in [0, 0.1) is 0 Å². The van der Waals surface area contributed by atoms with E-state index in [1.807, 2.05) is 6.92 Å². The molecule has 0 aliphatic carbocycles. The highest BCUT2D eigenvalue weighted by Crippen LogP contribution is 2.14. The number of nitrogens with zero attached hydrogens (tertiary/aromatic N) is 3. The number of hydrogen-bond donors (Lipinski definition) is 2. The molecular weight excluding hydrogens is 322 g/mol. The first-order valence-corrected chi connectivity index (χ1v) is 7.98. The maximum Gasteiger partial charge on any atom is 0.254 e. The molecule has 25 heavy (non-hydrogen) atoms. The first kappa shape index (κ1) is 16.7. The number of aryl methyl sites for hydroxylation is 1. The van der Waals surface area contributed by atoms with E-state index >= 15 is 0 Å². The maximum absolute atomic E-state index is 12.5. The van der Waals surface area contributed by atoms with Crippen molar-refractivity contribution in [2.45, 2.75) is 19.9 Å². The number of pyridine rings is 2. The number of aromatic amines is 1. The van der Waals surface area contributed by atoms with Gasteiger partial charge >= 0.3 is 0 Å². The van der Waals surface area contributed by atoms with Crippen molar-refractivity contribution in [1.29, 1.82) is 0 Å². The second kappa shape index (κ2) is 7.16. The highest BCUT2D eigenvalue weighted by Gasteiger charge is 2.15. The molecule has 0 aliphatic rings. The fraction of sp³-hybridized carbons (Fsp3) is 0.294. The molecule has 130 valence electrons. The molecule has 0 unspecified atom stereocenters. The summed E-state index contributed by atoms with van der Waals surface area (Å²) in [6.45, 7) is 2.91. The second-order valence-corrected chi connectivity index (χ2v) is 5.63. The first-order valence-electron chi connectivity index (χ1n) is 7.98. The van der Waals surface area contributed by atoms with Gasteiger partial charge < -0.3 is 19.6 Å². The van der Waals surface area contributed by atoms with Crippen molar-refractivity contribution in [3.63, 3.8) is 0 Å². The summed E-state index contributed by atoms with van der Waals surface area (Å²) in [5.74, 6) is 0.186. The van der Waals surface area contributed by atoms with Gasteiger partial charge in [-0.25, -0.2) is 9.97 Å². The van der Waals surface area contributed by atoms with Gasteiger partial charge in [-0.15, -0.1) is 0 Å². The Hall–Kier alpha value is -3.16. The van der Waals surface area contributed by atoms with Crippen LogP contribution < -0.4 is 15.6 Å². The number of carbonyl (C=O) groups excluding carboxylic acids is 1. The Morgan fingerprint density at radius 1 is 1.36 bits per heavy atom. The SMILES string of the molecule is CCCOc1cc(CNC(=O)c2cc(=O)[nH]c3ncn(C)c23)ccn1. The Balaban J connectivity index is 1.77. The van der Waals surface area contributed by atoms with E-state index in [0.29, 0.717) is 30.2 Å². The van der Waals surface area contributed by atoms with Crippen LogP contribution >= 0.6 is 0 Å². The Bertz CT molecular complexity index is 960. The first-order chi connectivity index (χ1) is 12.1. The molecule has 0 saturated heterocycles. The summed E-state index contributed by atoms with van der Waals surface area (Å²) >= 11 is 0. The highest BCUT2D eigenvalue weighted by atomic mass is 16.5. The summed E-state index contributed by atoms with van der Waals surface area (Å²) in [7, 11) is 1.77. The average molecular weight is 341 g/mol. The molecule has 3 rings (SSSR count). The number of aromatic nitrogens is 4. The highest BCUT2D eigenvalue weighted by molar-refractivity contribution is 6.04. The van der Waals surface area contributed by atoms with Crippen LogP contribution in [0.4, 0.5) is 0 Å². The lowest BCUT2D eigenvalue weighted by atomic mass is 10.2. The van der Waals surface area contributed by atoms with Crippen LogP contribution in [0.1, 0.15) is 29.3 Å². The molecule has 3 aromatic rings. The molecule has 0 aliphatic heterocycles. The molecule has 8 nitrogen and oxygen atoms in total. The maximum atomic E-state index is 12.5. The van der Waals surface area contributed by atoms with Gasteiger partial charge in [0.15, 0.2) is 5.65 Å². The van der Waals surface area contributed by atoms with Gasteiger partial charge in [-0.1, -0.05) is 6.92 Å². The number of hydrogen-bond acceptors (Lipinski definition) is 5. The number of H-pyrrole nitrogens is 1. The normalized spacial score (nSPS) is 10.8. The van der Waals surface area contributed by atoms with Crippen molar-refractivity contribution in [3.05, 3.63) is 52.2 Å². The molecule has 3 heterocycles. The van der Waals surface area contributed by atoms with Crippen molar-refractivity contribution in [1.82, 2.24) is 24.8 Å². The molecule has 0 aromatic carbocycles. The van der Waals surface area contributed by atoms with Gasteiger partial charge in [-0.2, -0.15) is 0 Å². The molecule has 1 amide bonds. The van der Waals surface area contributed by atoms with Gasteiger partial charge in [0.2, 0.25) is 11.4 Å². The minimum Gasteiger partial charge on any atom is -0.478 e. The third-order valence-corrected chi connectivity index (χ3v) is 3.66. The zero-order chi connectivity index (χ0) is 17.8. The van der Waals surface area contributed by atoms with Gasteiger partial charge in [0.05, 0.1) is 24.0 Å². The van der Waals surface area contributed by atoms with E-state index in [0.717, 1.165) is 12.0 Å². The summed E-state index contributed by atoms with van der Waals surface area (Å²) in [5.41, 5.74) is 1.75. The van der Waals surface area contributed by atoms with Gasteiger partial charge in [0.1, 0.15) is 0 Å². The molecule has 0 bridgehead atoms. The molecule has 0 saturated carbocycles. The zero-order valence-corrected chi connectivity index (χ0v) is 14.1. The van der Waals surface area contributed by atoms with E-state index < -0.39 is 0 Å². The van der Waals surface area contributed by atoms with E-state index in [1.54, 1.807) is 36.3 Å². The number of nitrogens with one attached hydrogen (secondary N) is 2. The molecule has 0 fully saturated rings. The van der Waals surface area contributed by atoms with Crippen LogP contribution in [0.25, 0.3) is 11.2 Å². The smallest absolute Gasteiger partial charge is 0.254 e. The number of imidazole rings is 1. The summed E-state index contributed by atoms with van der Waals surface area (Å²) in [6.07, 6.45) is 4.09. The van der Waals surface area contributed by atoms with Crippen LogP contribution in [0.2, 0.25) is 0 Å². The predicted molar refractivity (Wildman–Crippen MR) is 92.5 cm³/mol. The van der Waals surface area contributed by atoms with Crippen molar-refractivity contribution in [3.8, 4) is 5.88 Å². The van der Waals surface area contributed by atoms with E-state index in [4.69, 9.17) is 4.74 Å². The third-order valence-electron chi connectivity index (χ3n) is 3.66. The fourth-order valence-electron chi connectivity index (χ4n) is 2.49. The largest absolute Gasteiger partial charge is 0.478 e. The molecule has 0 atom stereocenters. The average Bonchev–Trinajstić information content (AvgIpc) is 2.98. The Morgan fingerprint density at radius 3 is 3.00 bits per heavy atom. The number of amides is 1. The van der Waals surface area contributed by atoms with Crippen molar-refractivity contribution < 1.29 is 9.53 Å². The molecule has 0 radical (unpaired) electrons. The van der Waals surface area contributed by atoms with E-state index in [1.165, 1.54) is 6.07 Å². The van der Waals surface area contributed by atoms with Crippen LogP contribution in [0.5, 0.6) is 5.88 Å². The summed E-state index contributed by atoms with van der Waals surface area (Å²) in [6, 6.07) is 4.87. The summed E-state index contributed by atoms with van der Waals surface area (Å²) < 4.78 is 7.18. The standard InChI is InChI=1S/C17H19N5O3/c1-3-6-25-14-7-11(4-5-18-14)9-19-17(24)12-8-13(23)21-16-15(12)22(2)10-20-16/h4-5,7-8,10H,3,6,9H2,1-2H3,(H,19,24)(H,21,23). The molecule has 2 N–H and O–H groups in total. The van der Waals surface area contributed by atoms with Crippen molar-refractivity contribution in [2.24, 2.45) is 7.05 Å². The summed E-state index contributed by atoms with van der Waals surface area (Å²) in [4.78, 5) is 35.1. The minimum absolute atomic E-state index is 0.287. The number of fused-ring (bicyclic) bond motifs is 1. The predicted octanol–water partition coefficient (Wildman–Crippen LogP) is 1.38. The van der Waals surface area contributed by atoms with E-state index in [9.17, 15) is 9.59 Å². The Morgan fingerprint density at radius 2 is 2.20 bits per heavy atom. The van der Waals surface area contributed by atoms with E-state index in [2.05, 4.69) is 20.3 Å². The van der Waals surface area contributed by atoms with Crippen molar-refractivity contribution >= 4 is 17.1 Å². The van der Waals surface area contributed by atoms with Gasteiger partial charge in [-0.05, 0) is 18.1 Å². The van der Waals surface area contributed by atoms with Gasteiger partial charge in [-0.3, -0.25) is 9.59 Å². The molecule has 3 aromatic heterocycles. The lowest BCUT2D eigenvalue weighted by molar-refractivity contribution is 0.0952. The fourth-order valence-corrected chi connectivity index (χ4v) is 2.49. The van der Waals surface area contributed by atoms with Crippen LogP contribution in [-0.2, 0) is 13.6 Å². The molecule has 0 spiro atoms. The number of carbonyl (C=O) groups is 1. The van der Waals surface area contributed by atoms with Gasteiger partial charge in [0, 0.05) is 31.9 Å². The quantitative estimate of drug-likeness (QED) is 0.705.